The van der Waals surface area contributed by atoms with Gasteiger partial charge in [-0.05, 0) is 49.2 Å². The van der Waals surface area contributed by atoms with E-state index in [1.807, 2.05) is 4.57 Å². The summed E-state index contributed by atoms with van der Waals surface area (Å²) in [6.45, 7) is 0. The van der Waals surface area contributed by atoms with Crippen LogP contribution in [0.15, 0.2) is 59.9 Å². The molecule has 2 aromatic carbocycles. The van der Waals surface area contributed by atoms with Crippen LogP contribution in [0.25, 0.3) is 11.0 Å². The molecular weight excluding hydrogens is 476 g/mol. The van der Waals surface area contributed by atoms with E-state index < -0.39 is 26.6 Å². The molecule has 1 aliphatic carbocycles. The van der Waals surface area contributed by atoms with Crippen LogP contribution < -0.4 is 10.5 Å². The predicted molar refractivity (Wildman–Crippen MR) is 126 cm³/mol. The van der Waals surface area contributed by atoms with Crippen LogP contribution in [-0.2, 0) is 10.0 Å². The van der Waals surface area contributed by atoms with Crippen LogP contribution in [0, 0.1) is 11.6 Å². The lowest BCUT2D eigenvalue weighted by molar-refractivity contribution is 0.104. The Morgan fingerprint density at radius 3 is 2.46 bits per heavy atom. The highest BCUT2D eigenvalue weighted by Crippen LogP contribution is 2.35. The van der Waals surface area contributed by atoms with Crippen molar-refractivity contribution in [3.63, 3.8) is 0 Å². The highest BCUT2D eigenvalue weighted by atomic mass is 32.2. The standard InChI is InChI=1S/C24H21F2N5O3S/c25-15-7-10-20(19(26)11-15)35(33,34)30-16-8-5-14(6-9-16)22(32)18-12-31(17-3-1-2-4-17)24-21(18)23(27)28-13-29-24/h5-13,17,30H,1-4H2,(H2,27,28,29). The lowest BCUT2D eigenvalue weighted by Crippen LogP contribution is -2.15. The van der Waals surface area contributed by atoms with Crippen LogP contribution >= 0.6 is 0 Å². The number of nitrogen functional groups attached to an aromatic ring is 1. The average molecular weight is 498 g/mol. The minimum Gasteiger partial charge on any atom is -0.383 e. The van der Waals surface area contributed by atoms with Gasteiger partial charge >= 0.3 is 0 Å². The Hall–Kier alpha value is -3.86. The van der Waals surface area contributed by atoms with E-state index in [-0.39, 0.29) is 23.3 Å². The Bertz CT molecular complexity index is 1550. The molecule has 1 fully saturated rings. The average Bonchev–Trinajstić information content (AvgIpc) is 3.47. The van der Waals surface area contributed by atoms with Crippen molar-refractivity contribution >= 4 is 38.3 Å². The Balaban J connectivity index is 1.45. The second-order valence-corrected chi connectivity index (χ2v) is 10.1. The van der Waals surface area contributed by atoms with E-state index in [2.05, 4.69) is 14.7 Å². The highest BCUT2D eigenvalue weighted by molar-refractivity contribution is 7.92. The number of ketones is 1. The zero-order valence-corrected chi connectivity index (χ0v) is 19.2. The maximum absolute atomic E-state index is 14.0. The summed E-state index contributed by atoms with van der Waals surface area (Å²) in [5, 5.41) is 0.487. The molecule has 0 radical (unpaired) electrons. The number of hydrogen-bond donors (Lipinski definition) is 2. The first-order chi connectivity index (χ1) is 16.7. The largest absolute Gasteiger partial charge is 0.383 e. The zero-order valence-electron chi connectivity index (χ0n) is 18.4. The van der Waals surface area contributed by atoms with E-state index >= 15 is 0 Å². The first-order valence-electron chi connectivity index (χ1n) is 11.0. The van der Waals surface area contributed by atoms with Crippen molar-refractivity contribution < 1.29 is 22.0 Å². The molecule has 1 saturated carbocycles. The molecule has 1 aliphatic rings. The van der Waals surface area contributed by atoms with Gasteiger partial charge in [-0.3, -0.25) is 9.52 Å². The third-order valence-electron chi connectivity index (χ3n) is 6.18. The van der Waals surface area contributed by atoms with E-state index in [1.165, 1.54) is 30.6 Å². The van der Waals surface area contributed by atoms with Crippen molar-refractivity contribution in [1.29, 1.82) is 0 Å². The van der Waals surface area contributed by atoms with E-state index in [0.717, 1.165) is 37.8 Å². The number of anilines is 2. The van der Waals surface area contributed by atoms with Gasteiger partial charge in [0.15, 0.2) is 5.78 Å². The van der Waals surface area contributed by atoms with E-state index in [0.29, 0.717) is 28.2 Å². The number of carbonyl (C=O) groups excluding carboxylic acids is 1. The van der Waals surface area contributed by atoms with Gasteiger partial charge in [0, 0.05) is 29.6 Å². The number of rotatable bonds is 6. The molecule has 2 heterocycles. The third-order valence-corrected chi connectivity index (χ3v) is 7.60. The molecule has 0 spiro atoms. The van der Waals surface area contributed by atoms with Crippen LogP contribution in [-0.4, -0.2) is 28.7 Å². The fourth-order valence-electron chi connectivity index (χ4n) is 4.49. The summed E-state index contributed by atoms with van der Waals surface area (Å²) >= 11 is 0. The van der Waals surface area contributed by atoms with Gasteiger partial charge in [-0.1, -0.05) is 12.8 Å². The van der Waals surface area contributed by atoms with E-state index in [1.54, 1.807) is 6.20 Å². The van der Waals surface area contributed by atoms with Crippen LogP contribution in [0.1, 0.15) is 47.6 Å². The normalized spacial score (nSPS) is 14.5. The molecule has 0 bridgehead atoms. The van der Waals surface area contributed by atoms with Gasteiger partial charge < -0.3 is 10.3 Å². The molecule has 0 saturated heterocycles. The molecule has 3 N–H and O–H groups in total. The van der Waals surface area contributed by atoms with Gasteiger partial charge in [0.1, 0.15) is 34.3 Å². The maximum Gasteiger partial charge on any atom is 0.264 e. The van der Waals surface area contributed by atoms with Crippen LogP contribution in [0.2, 0.25) is 0 Å². The summed E-state index contributed by atoms with van der Waals surface area (Å²) in [6.07, 6.45) is 7.33. The molecule has 0 aliphatic heterocycles. The SMILES string of the molecule is Nc1ncnc2c1c(C(=O)c1ccc(NS(=O)(=O)c3ccc(F)cc3F)cc1)cn2C1CCCC1. The fraction of sp³-hybridized carbons (Fsp3) is 0.208. The minimum atomic E-state index is -4.30. The maximum atomic E-state index is 14.0. The van der Waals surface area contributed by atoms with Crippen molar-refractivity contribution in [3.8, 4) is 0 Å². The molecule has 35 heavy (non-hydrogen) atoms. The van der Waals surface area contributed by atoms with Gasteiger partial charge in [-0.25, -0.2) is 27.2 Å². The zero-order chi connectivity index (χ0) is 24.7. The van der Waals surface area contributed by atoms with Gasteiger partial charge in [-0.15, -0.1) is 0 Å². The van der Waals surface area contributed by atoms with Crippen molar-refractivity contribution in [1.82, 2.24) is 14.5 Å². The Labute approximate surface area is 199 Å². The van der Waals surface area contributed by atoms with Crippen LogP contribution in [0.5, 0.6) is 0 Å². The molecule has 0 unspecified atom stereocenters. The van der Waals surface area contributed by atoms with Crippen molar-refractivity contribution in [3.05, 3.63) is 77.8 Å². The second-order valence-electron chi connectivity index (χ2n) is 8.43. The fourth-order valence-corrected chi connectivity index (χ4v) is 5.61. The first kappa shape index (κ1) is 22.9. The lowest BCUT2D eigenvalue weighted by atomic mass is 10.0. The Morgan fingerprint density at radius 2 is 1.77 bits per heavy atom. The van der Waals surface area contributed by atoms with Crippen molar-refractivity contribution in [2.45, 2.75) is 36.6 Å². The predicted octanol–water partition coefficient (Wildman–Crippen LogP) is 4.44. The molecule has 2 aromatic heterocycles. The smallest absolute Gasteiger partial charge is 0.264 e. The summed E-state index contributed by atoms with van der Waals surface area (Å²) in [5.41, 5.74) is 7.50. The molecule has 5 rings (SSSR count). The van der Waals surface area contributed by atoms with Crippen molar-refractivity contribution in [2.24, 2.45) is 0 Å². The molecule has 0 amide bonds. The number of sulfonamides is 1. The topological polar surface area (TPSA) is 120 Å². The second kappa shape index (κ2) is 8.73. The van der Waals surface area contributed by atoms with Gasteiger partial charge in [0.05, 0.1) is 10.9 Å². The Morgan fingerprint density at radius 1 is 1.06 bits per heavy atom. The summed E-state index contributed by atoms with van der Waals surface area (Å²) < 4.78 is 56.3. The monoisotopic (exact) mass is 497 g/mol. The molecule has 4 aromatic rings. The van der Waals surface area contributed by atoms with Gasteiger partial charge in [0.2, 0.25) is 0 Å². The number of hydrogen-bond acceptors (Lipinski definition) is 6. The number of nitrogens with zero attached hydrogens (tertiary/aromatic N) is 3. The molecule has 180 valence electrons. The number of nitrogens with two attached hydrogens (primary N) is 1. The number of carbonyl (C=O) groups is 1. The number of nitrogens with one attached hydrogen (secondary N) is 1. The lowest BCUT2D eigenvalue weighted by Gasteiger charge is -2.12. The summed E-state index contributed by atoms with van der Waals surface area (Å²) in [4.78, 5) is 21.1. The van der Waals surface area contributed by atoms with Crippen LogP contribution in [0.3, 0.4) is 0 Å². The quantitative estimate of drug-likeness (QED) is 0.380. The highest BCUT2D eigenvalue weighted by Gasteiger charge is 2.26. The number of halogens is 2. The van der Waals surface area contributed by atoms with E-state index in [4.69, 9.17) is 5.73 Å². The number of aromatic nitrogens is 3. The van der Waals surface area contributed by atoms with Gasteiger partial charge in [-0.2, -0.15) is 0 Å². The molecule has 0 atom stereocenters. The first-order valence-corrected chi connectivity index (χ1v) is 12.5. The number of benzene rings is 2. The summed E-state index contributed by atoms with van der Waals surface area (Å²) in [7, 11) is -4.30. The molecule has 11 heteroatoms. The van der Waals surface area contributed by atoms with Crippen molar-refractivity contribution in [2.75, 3.05) is 10.5 Å². The number of fused-ring (bicyclic) bond motifs is 1. The Kier molecular flexibility index (Phi) is 5.72. The molecule has 8 nitrogen and oxygen atoms in total. The minimum absolute atomic E-state index is 0.113. The summed E-state index contributed by atoms with van der Waals surface area (Å²) in [5.74, 6) is -2.19. The van der Waals surface area contributed by atoms with Crippen LogP contribution in [0.4, 0.5) is 20.3 Å². The molecular formula is C24H21F2N5O3S. The third kappa shape index (κ3) is 4.23. The van der Waals surface area contributed by atoms with Gasteiger partial charge in [0.25, 0.3) is 10.0 Å². The van der Waals surface area contributed by atoms with E-state index in [9.17, 15) is 22.0 Å². The summed E-state index contributed by atoms with van der Waals surface area (Å²) in [6, 6.07) is 8.13.